The maximum absolute atomic E-state index is 8.66. The van der Waals surface area contributed by atoms with Gasteiger partial charge in [0.2, 0.25) is 0 Å². The Labute approximate surface area is 94.0 Å². The lowest BCUT2D eigenvalue weighted by atomic mass is 10.2. The van der Waals surface area contributed by atoms with Gasteiger partial charge in [0, 0.05) is 5.69 Å². The number of aromatic nitrogens is 2. The van der Waals surface area contributed by atoms with Gasteiger partial charge in [-0.05, 0) is 31.2 Å². The molecule has 0 aliphatic carbocycles. The topological polar surface area (TPSA) is 64.5 Å². The Bertz CT molecular complexity index is 505. The molecule has 1 aromatic heterocycles. The number of nitriles is 1. The fourth-order valence-electron chi connectivity index (χ4n) is 1.42. The number of H-pyrrole nitrogens is 1. The molecule has 0 aliphatic heterocycles. The number of rotatable bonds is 3. The Kier molecular flexibility index (Phi) is 2.88. The van der Waals surface area contributed by atoms with E-state index in [1.165, 1.54) is 0 Å². The van der Waals surface area contributed by atoms with E-state index in [9.17, 15) is 0 Å². The van der Waals surface area contributed by atoms with Crippen LogP contribution in [-0.2, 0) is 6.54 Å². The molecule has 0 fully saturated rings. The lowest BCUT2D eigenvalue weighted by Gasteiger charge is -2.04. The number of aromatic amines is 1. The molecular formula is C12H12N4. The summed E-state index contributed by atoms with van der Waals surface area (Å²) in [6.07, 6.45) is 1.81. The Morgan fingerprint density at radius 1 is 1.38 bits per heavy atom. The van der Waals surface area contributed by atoms with Gasteiger partial charge in [0.05, 0.1) is 30.1 Å². The summed E-state index contributed by atoms with van der Waals surface area (Å²) in [5.41, 5.74) is 2.70. The highest BCUT2D eigenvalue weighted by atomic mass is 15.0. The lowest BCUT2D eigenvalue weighted by Crippen LogP contribution is -1.99. The largest absolute Gasteiger partial charge is 0.379 e. The van der Waals surface area contributed by atoms with Crippen molar-refractivity contribution in [2.75, 3.05) is 5.32 Å². The summed E-state index contributed by atoms with van der Waals surface area (Å²) in [6, 6.07) is 9.45. The molecule has 0 aliphatic rings. The molecule has 4 nitrogen and oxygen atoms in total. The number of anilines is 1. The van der Waals surface area contributed by atoms with Crippen LogP contribution in [0.5, 0.6) is 0 Å². The van der Waals surface area contributed by atoms with E-state index >= 15 is 0 Å². The van der Waals surface area contributed by atoms with Crippen molar-refractivity contribution < 1.29 is 0 Å². The number of benzene rings is 1. The zero-order valence-corrected chi connectivity index (χ0v) is 8.99. The van der Waals surface area contributed by atoms with Gasteiger partial charge in [-0.25, -0.2) is 4.98 Å². The maximum atomic E-state index is 8.66. The van der Waals surface area contributed by atoms with Gasteiger partial charge in [-0.1, -0.05) is 0 Å². The highest BCUT2D eigenvalue weighted by molar-refractivity contribution is 5.47. The first kappa shape index (κ1) is 10.2. The van der Waals surface area contributed by atoms with Crippen molar-refractivity contribution in [3.8, 4) is 6.07 Å². The van der Waals surface area contributed by atoms with Crippen LogP contribution in [0.2, 0.25) is 0 Å². The smallest absolute Gasteiger partial charge is 0.103 e. The lowest BCUT2D eigenvalue weighted by molar-refractivity contribution is 1.05. The quantitative estimate of drug-likeness (QED) is 0.819. The minimum absolute atomic E-state index is 0.669. The number of nitrogens with zero attached hydrogens (tertiary/aromatic N) is 2. The van der Waals surface area contributed by atoms with Crippen LogP contribution in [0.15, 0.2) is 30.5 Å². The van der Waals surface area contributed by atoms with E-state index < -0.39 is 0 Å². The van der Waals surface area contributed by atoms with E-state index in [4.69, 9.17) is 5.26 Å². The molecule has 0 amide bonds. The molecule has 2 aromatic rings. The Morgan fingerprint density at radius 3 is 2.69 bits per heavy atom. The molecular weight excluding hydrogens is 200 g/mol. The maximum Gasteiger partial charge on any atom is 0.103 e. The van der Waals surface area contributed by atoms with Crippen LogP contribution >= 0.6 is 0 Å². The minimum Gasteiger partial charge on any atom is -0.379 e. The van der Waals surface area contributed by atoms with Gasteiger partial charge in [-0.2, -0.15) is 5.26 Å². The van der Waals surface area contributed by atoms with Crippen LogP contribution in [0.4, 0.5) is 5.69 Å². The molecule has 2 N–H and O–H groups in total. The summed E-state index contributed by atoms with van der Waals surface area (Å²) in [7, 11) is 0. The Morgan fingerprint density at radius 2 is 2.12 bits per heavy atom. The second-order valence-corrected chi connectivity index (χ2v) is 3.54. The van der Waals surface area contributed by atoms with Crippen molar-refractivity contribution in [1.29, 1.82) is 5.26 Å². The number of aryl methyl sites for hydroxylation is 1. The first-order valence-corrected chi connectivity index (χ1v) is 5.02. The van der Waals surface area contributed by atoms with E-state index in [1.807, 2.05) is 25.3 Å². The average Bonchev–Trinajstić information content (AvgIpc) is 2.73. The van der Waals surface area contributed by atoms with Crippen LogP contribution in [-0.4, -0.2) is 9.97 Å². The third kappa shape index (κ3) is 2.39. The van der Waals surface area contributed by atoms with E-state index in [1.54, 1.807) is 12.1 Å². The molecule has 0 radical (unpaired) electrons. The number of nitrogens with one attached hydrogen (secondary N) is 2. The fraction of sp³-hybridized carbons (Fsp3) is 0.167. The first-order chi connectivity index (χ1) is 7.78. The zero-order valence-electron chi connectivity index (χ0n) is 8.99. The standard InChI is InChI=1S/C12H12N4/c1-9-14-7-12(16-9)8-15-11-4-2-10(6-13)3-5-11/h2-5,7,15H,8H2,1H3,(H,14,16). The van der Waals surface area contributed by atoms with Gasteiger partial charge >= 0.3 is 0 Å². The van der Waals surface area contributed by atoms with Crippen molar-refractivity contribution in [1.82, 2.24) is 9.97 Å². The van der Waals surface area contributed by atoms with Gasteiger partial charge in [0.15, 0.2) is 0 Å². The Hall–Kier alpha value is -2.28. The van der Waals surface area contributed by atoms with Gasteiger partial charge in [0.25, 0.3) is 0 Å². The SMILES string of the molecule is Cc1ncc(CNc2ccc(C#N)cc2)[nH]1. The van der Waals surface area contributed by atoms with E-state index in [0.717, 1.165) is 17.2 Å². The van der Waals surface area contributed by atoms with Gasteiger partial charge in [0.1, 0.15) is 5.82 Å². The summed E-state index contributed by atoms with van der Waals surface area (Å²) in [5, 5.41) is 11.9. The second-order valence-electron chi connectivity index (χ2n) is 3.54. The van der Waals surface area contributed by atoms with Gasteiger partial charge in [-0.3, -0.25) is 0 Å². The molecule has 0 spiro atoms. The molecule has 4 heteroatoms. The molecule has 2 rings (SSSR count). The average molecular weight is 212 g/mol. The van der Waals surface area contributed by atoms with Crippen molar-refractivity contribution in [2.24, 2.45) is 0 Å². The monoisotopic (exact) mass is 212 g/mol. The molecule has 0 unspecified atom stereocenters. The van der Waals surface area contributed by atoms with Crippen LogP contribution < -0.4 is 5.32 Å². The van der Waals surface area contributed by atoms with Gasteiger partial charge in [-0.15, -0.1) is 0 Å². The van der Waals surface area contributed by atoms with Crippen LogP contribution in [0.3, 0.4) is 0 Å². The van der Waals surface area contributed by atoms with Crippen molar-refractivity contribution >= 4 is 5.69 Å². The number of imidazole rings is 1. The highest BCUT2D eigenvalue weighted by Gasteiger charge is 1.97. The van der Waals surface area contributed by atoms with Crippen molar-refractivity contribution in [3.05, 3.63) is 47.5 Å². The van der Waals surface area contributed by atoms with Crippen LogP contribution in [0, 0.1) is 18.3 Å². The number of hydrogen-bond acceptors (Lipinski definition) is 3. The predicted molar refractivity (Wildman–Crippen MR) is 61.8 cm³/mol. The zero-order chi connectivity index (χ0) is 11.4. The molecule has 0 saturated heterocycles. The molecule has 0 atom stereocenters. The summed E-state index contributed by atoms with van der Waals surface area (Å²) >= 11 is 0. The van der Waals surface area contributed by atoms with E-state index in [2.05, 4.69) is 21.4 Å². The normalized spacial score (nSPS) is 9.75. The summed E-state index contributed by atoms with van der Waals surface area (Å²) in [5.74, 6) is 0.914. The van der Waals surface area contributed by atoms with Gasteiger partial charge < -0.3 is 10.3 Å². The van der Waals surface area contributed by atoms with Crippen LogP contribution in [0.25, 0.3) is 0 Å². The van der Waals surface area contributed by atoms with Crippen LogP contribution in [0.1, 0.15) is 17.1 Å². The summed E-state index contributed by atoms with van der Waals surface area (Å²) < 4.78 is 0. The Balaban J connectivity index is 1.97. The third-order valence-electron chi connectivity index (χ3n) is 2.25. The van der Waals surface area contributed by atoms with E-state index in [0.29, 0.717) is 12.1 Å². The minimum atomic E-state index is 0.669. The molecule has 1 aromatic carbocycles. The van der Waals surface area contributed by atoms with Crippen molar-refractivity contribution in [2.45, 2.75) is 13.5 Å². The summed E-state index contributed by atoms with van der Waals surface area (Å²) in [4.78, 5) is 7.26. The number of hydrogen-bond donors (Lipinski definition) is 2. The third-order valence-corrected chi connectivity index (χ3v) is 2.25. The molecule has 0 saturated carbocycles. The van der Waals surface area contributed by atoms with Crippen molar-refractivity contribution in [3.63, 3.8) is 0 Å². The molecule has 16 heavy (non-hydrogen) atoms. The molecule has 1 heterocycles. The molecule has 0 bridgehead atoms. The highest BCUT2D eigenvalue weighted by Crippen LogP contribution is 2.09. The summed E-state index contributed by atoms with van der Waals surface area (Å²) in [6.45, 7) is 2.62. The molecule has 80 valence electrons. The fourth-order valence-corrected chi connectivity index (χ4v) is 1.42. The van der Waals surface area contributed by atoms with E-state index in [-0.39, 0.29) is 0 Å². The predicted octanol–water partition coefficient (Wildman–Crippen LogP) is 2.20. The second kappa shape index (κ2) is 4.49. The first-order valence-electron chi connectivity index (χ1n) is 5.02.